The lowest BCUT2D eigenvalue weighted by molar-refractivity contribution is -0.723. The van der Waals surface area contributed by atoms with Crippen molar-refractivity contribution < 1.29 is 4.57 Å². The van der Waals surface area contributed by atoms with E-state index in [1.807, 2.05) is 30.9 Å². The lowest BCUT2D eigenvalue weighted by Gasteiger charge is -2.42. The molecule has 1 aliphatic rings. The highest BCUT2D eigenvalue weighted by Gasteiger charge is 2.51. The molecule has 1 aliphatic heterocycles. The minimum atomic E-state index is -0.144. The number of rotatable bonds is 0. The molecule has 7 rings (SSSR count). The fraction of sp³-hybridized carbons (Fsp3) is 0.250. The molecule has 146 valence electrons. The highest BCUT2D eigenvalue weighted by atomic mass is 15.3. The van der Waals surface area contributed by atoms with Crippen LogP contribution in [0, 0.1) is 0 Å². The number of hydrogen-bond acceptors (Lipinski definition) is 3. The standard InChI is InChI=1S/C24H21N6/c1-23(2)14-6-5-7-18-20(14)21-29(22-27-15-12-25-10-8-16(15)28(18)22)19-13-26-11-9-17(19)30(21)24(23,3)4/h5-13H,1-4H3/q+1. The summed E-state index contributed by atoms with van der Waals surface area (Å²) in [6.07, 6.45) is 7.52. The van der Waals surface area contributed by atoms with Crippen molar-refractivity contribution in [3.63, 3.8) is 0 Å². The molecular weight excluding hydrogens is 372 g/mol. The van der Waals surface area contributed by atoms with E-state index in [4.69, 9.17) is 4.98 Å². The molecule has 6 aromatic rings. The van der Waals surface area contributed by atoms with Gasteiger partial charge in [0.25, 0.3) is 0 Å². The van der Waals surface area contributed by atoms with Gasteiger partial charge in [-0.15, -0.1) is 0 Å². The fourth-order valence-electron chi connectivity index (χ4n) is 5.46. The van der Waals surface area contributed by atoms with E-state index in [-0.39, 0.29) is 11.0 Å². The summed E-state index contributed by atoms with van der Waals surface area (Å²) in [7, 11) is 0. The molecule has 0 saturated carbocycles. The zero-order valence-corrected chi connectivity index (χ0v) is 17.4. The molecule has 6 heteroatoms. The van der Waals surface area contributed by atoms with Crippen molar-refractivity contribution >= 4 is 44.4 Å². The summed E-state index contributed by atoms with van der Waals surface area (Å²) in [5, 5.41) is 1.28. The monoisotopic (exact) mass is 393 g/mol. The van der Waals surface area contributed by atoms with Gasteiger partial charge in [-0.2, -0.15) is 9.38 Å². The largest absolute Gasteiger partial charge is 0.312 e. The molecule has 0 spiro atoms. The first-order valence-corrected chi connectivity index (χ1v) is 10.3. The number of hydrogen-bond donors (Lipinski definition) is 0. The van der Waals surface area contributed by atoms with Gasteiger partial charge in [0.05, 0.1) is 28.8 Å². The molecule has 0 unspecified atom stereocenters. The third-order valence-electron chi connectivity index (χ3n) is 7.59. The second kappa shape index (κ2) is 4.78. The van der Waals surface area contributed by atoms with Crippen LogP contribution in [0.25, 0.3) is 44.4 Å². The van der Waals surface area contributed by atoms with Crippen molar-refractivity contribution in [2.24, 2.45) is 0 Å². The van der Waals surface area contributed by atoms with Gasteiger partial charge >= 0.3 is 11.4 Å². The Hall–Kier alpha value is -3.54. The maximum absolute atomic E-state index is 5.02. The highest BCUT2D eigenvalue weighted by Crippen LogP contribution is 2.46. The van der Waals surface area contributed by atoms with Crippen molar-refractivity contribution in [2.45, 2.75) is 38.6 Å². The number of pyridine rings is 2. The molecule has 0 radical (unpaired) electrons. The van der Waals surface area contributed by atoms with E-state index in [2.05, 4.69) is 75.3 Å². The predicted molar refractivity (Wildman–Crippen MR) is 117 cm³/mol. The smallest absolute Gasteiger partial charge is 0.262 e. The highest BCUT2D eigenvalue weighted by molar-refractivity contribution is 6.02. The molecule has 5 aromatic heterocycles. The SMILES string of the molecule is CC1(C)c2cccc3c2c2n(c4cnccc4[n+]2C1(C)C)c1nc2cnccc2n31. The van der Waals surface area contributed by atoms with E-state index in [1.165, 1.54) is 27.6 Å². The van der Waals surface area contributed by atoms with Gasteiger partial charge in [-0.1, -0.05) is 26.0 Å². The first kappa shape index (κ1) is 16.3. The molecule has 30 heavy (non-hydrogen) atoms. The van der Waals surface area contributed by atoms with Crippen LogP contribution in [-0.4, -0.2) is 23.8 Å². The maximum Gasteiger partial charge on any atom is 0.312 e. The van der Waals surface area contributed by atoms with Crippen LogP contribution in [0.5, 0.6) is 0 Å². The molecule has 6 nitrogen and oxygen atoms in total. The van der Waals surface area contributed by atoms with Crippen LogP contribution < -0.4 is 4.57 Å². The summed E-state index contributed by atoms with van der Waals surface area (Å²) >= 11 is 0. The van der Waals surface area contributed by atoms with E-state index < -0.39 is 0 Å². The van der Waals surface area contributed by atoms with Crippen molar-refractivity contribution in [2.75, 3.05) is 0 Å². The number of aromatic nitrogens is 6. The third-order valence-corrected chi connectivity index (χ3v) is 7.59. The van der Waals surface area contributed by atoms with E-state index in [0.717, 1.165) is 22.3 Å². The Morgan fingerprint density at radius 3 is 2.50 bits per heavy atom. The van der Waals surface area contributed by atoms with Crippen molar-refractivity contribution in [3.8, 4) is 0 Å². The van der Waals surface area contributed by atoms with Crippen molar-refractivity contribution in [3.05, 3.63) is 60.7 Å². The van der Waals surface area contributed by atoms with E-state index in [0.29, 0.717) is 0 Å². The van der Waals surface area contributed by atoms with E-state index >= 15 is 0 Å². The molecule has 6 heterocycles. The van der Waals surface area contributed by atoms with Crippen molar-refractivity contribution in [1.82, 2.24) is 23.8 Å². The molecule has 0 saturated heterocycles. The van der Waals surface area contributed by atoms with Crippen LogP contribution in [0.15, 0.2) is 55.1 Å². The molecule has 1 aromatic carbocycles. The van der Waals surface area contributed by atoms with Gasteiger partial charge in [0.2, 0.25) is 5.52 Å². The van der Waals surface area contributed by atoms with Gasteiger partial charge < -0.3 is 0 Å². The quantitative estimate of drug-likeness (QED) is 0.364. The van der Waals surface area contributed by atoms with Gasteiger partial charge in [0.15, 0.2) is 5.52 Å². The molecule has 0 N–H and O–H groups in total. The van der Waals surface area contributed by atoms with Crippen LogP contribution in [0.2, 0.25) is 0 Å². The second-order valence-corrected chi connectivity index (χ2v) is 9.35. The zero-order valence-electron chi connectivity index (χ0n) is 17.4. The molecule has 0 amide bonds. The van der Waals surface area contributed by atoms with Gasteiger partial charge in [0, 0.05) is 23.9 Å². The van der Waals surface area contributed by atoms with E-state index in [1.54, 1.807) is 0 Å². The summed E-state index contributed by atoms with van der Waals surface area (Å²) in [6, 6.07) is 10.9. The van der Waals surface area contributed by atoms with Crippen LogP contribution in [0.3, 0.4) is 0 Å². The Labute approximate surface area is 172 Å². The number of fused-ring (bicyclic) bond motifs is 8. The first-order chi connectivity index (χ1) is 14.4. The van der Waals surface area contributed by atoms with E-state index in [9.17, 15) is 0 Å². The molecular formula is C24H21N6+. The number of benzene rings is 1. The molecule has 0 fully saturated rings. The summed E-state index contributed by atoms with van der Waals surface area (Å²) in [6.45, 7) is 9.39. The van der Waals surface area contributed by atoms with Crippen LogP contribution >= 0.6 is 0 Å². The maximum atomic E-state index is 5.02. The average molecular weight is 393 g/mol. The lowest BCUT2D eigenvalue weighted by Crippen LogP contribution is -2.64. The number of nitrogens with zero attached hydrogens (tertiary/aromatic N) is 6. The molecule has 0 aliphatic carbocycles. The fourth-order valence-corrected chi connectivity index (χ4v) is 5.46. The topological polar surface area (TPSA) is 51.4 Å². The predicted octanol–water partition coefficient (Wildman–Crippen LogP) is 4.15. The lowest BCUT2D eigenvalue weighted by atomic mass is 9.67. The molecule has 0 atom stereocenters. The minimum Gasteiger partial charge on any atom is -0.262 e. The van der Waals surface area contributed by atoms with Gasteiger partial charge in [0.1, 0.15) is 11.1 Å². The Balaban J connectivity index is 1.97. The Kier molecular flexibility index (Phi) is 2.59. The van der Waals surface area contributed by atoms with Crippen LogP contribution in [-0.2, 0) is 11.0 Å². The second-order valence-electron chi connectivity index (χ2n) is 9.35. The van der Waals surface area contributed by atoms with Gasteiger partial charge in [-0.05, 0) is 31.5 Å². The normalized spacial score (nSPS) is 17.2. The van der Waals surface area contributed by atoms with Crippen LogP contribution in [0.1, 0.15) is 33.3 Å². The van der Waals surface area contributed by atoms with Gasteiger partial charge in [-0.25, -0.2) is 4.57 Å². The zero-order chi connectivity index (χ0) is 20.4. The Bertz CT molecular complexity index is 1700. The average Bonchev–Trinajstić information content (AvgIpc) is 3.29. The van der Waals surface area contributed by atoms with Gasteiger partial charge in [-0.3, -0.25) is 14.4 Å². The summed E-state index contributed by atoms with van der Waals surface area (Å²) in [5.41, 5.74) is 7.72. The minimum absolute atomic E-state index is 0.0756. The first-order valence-electron chi connectivity index (χ1n) is 10.3. The third kappa shape index (κ3) is 1.54. The summed E-state index contributed by atoms with van der Waals surface area (Å²) in [5.74, 6) is 0.893. The summed E-state index contributed by atoms with van der Waals surface area (Å²) < 4.78 is 7.05. The number of imidazole rings is 2. The summed E-state index contributed by atoms with van der Waals surface area (Å²) in [4.78, 5) is 13.8. The molecule has 0 bridgehead atoms. The Morgan fingerprint density at radius 2 is 1.63 bits per heavy atom. The Morgan fingerprint density at radius 1 is 0.833 bits per heavy atom. The van der Waals surface area contributed by atoms with Crippen molar-refractivity contribution in [1.29, 1.82) is 0 Å². The van der Waals surface area contributed by atoms with Crippen LogP contribution in [0.4, 0.5) is 0 Å².